The Labute approximate surface area is 346 Å². The second kappa shape index (κ2) is 14.8. The third-order valence-electron chi connectivity index (χ3n) is 12.0. The number of hydrogen-bond acceptors (Lipinski definition) is 5. The molecule has 6 heteroatoms. The Morgan fingerprint density at radius 2 is 1.42 bits per heavy atom. The van der Waals surface area contributed by atoms with E-state index in [0.29, 0.717) is 17.5 Å². The van der Waals surface area contributed by atoms with Gasteiger partial charge in [-0.3, -0.25) is 0 Å². The fourth-order valence-electron chi connectivity index (χ4n) is 8.45. The molecule has 1 saturated carbocycles. The molecule has 0 saturated heterocycles. The Morgan fingerprint density at radius 1 is 0.745 bits per heavy atom. The zero-order valence-electron chi connectivity index (χ0n) is 35.6. The molecular formula is C49H62N4OPt. The Morgan fingerprint density at radius 3 is 2.07 bits per heavy atom. The van der Waals surface area contributed by atoms with E-state index in [9.17, 15) is 0 Å². The van der Waals surface area contributed by atoms with Gasteiger partial charge in [0.2, 0.25) is 0 Å². The summed E-state index contributed by atoms with van der Waals surface area (Å²) in [5.41, 5.74) is 10.1. The van der Waals surface area contributed by atoms with Crippen LogP contribution in [0.15, 0.2) is 59.7 Å². The van der Waals surface area contributed by atoms with Gasteiger partial charge in [0.15, 0.2) is 0 Å². The molecule has 7 rings (SSSR count). The quantitative estimate of drug-likeness (QED) is 0.187. The Kier molecular flexibility index (Phi) is 11.1. The van der Waals surface area contributed by atoms with Gasteiger partial charge in [0.25, 0.3) is 0 Å². The van der Waals surface area contributed by atoms with Crippen molar-refractivity contribution in [1.82, 2.24) is 9.88 Å². The SMILES string of the molecule is Cc1cc(Oc2[c-]c(C3=N[C@H](C(C)(C)C)CN3C3CCCCC3)cc(C(C)(C)C)c2)[c-]c(N2c3ccc(C(C)(C)C)cc3C(C)(C)c3cc(C)cnc32)c1.[Pt+2]. The molecule has 0 bridgehead atoms. The van der Waals surface area contributed by atoms with Gasteiger partial charge in [-0.05, 0) is 64.8 Å². The van der Waals surface area contributed by atoms with Crippen molar-refractivity contribution in [3.8, 4) is 11.5 Å². The molecule has 0 amide bonds. The molecule has 0 radical (unpaired) electrons. The summed E-state index contributed by atoms with van der Waals surface area (Å²) in [6.45, 7) is 30.5. The van der Waals surface area contributed by atoms with Crippen molar-refractivity contribution < 1.29 is 25.8 Å². The van der Waals surface area contributed by atoms with Gasteiger partial charge < -0.3 is 19.5 Å². The fourth-order valence-corrected chi connectivity index (χ4v) is 8.45. The van der Waals surface area contributed by atoms with Crippen molar-refractivity contribution >= 4 is 23.0 Å². The van der Waals surface area contributed by atoms with Crippen LogP contribution in [0.5, 0.6) is 11.5 Å². The van der Waals surface area contributed by atoms with E-state index < -0.39 is 0 Å². The second-order valence-corrected chi connectivity index (χ2v) is 20.0. The summed E-state index contributed by atoms with van der Waals surface area (Å²) >= 11 is 0. The minimum Gasteiger partial charge on any atom is -0.503 e. The number of pyridine rings is 1. The predicted molar refractivity (Wildman–Crippen MR) is 225 cm³/mol. The largest absolute Gasteiger partial charge is 2.00 e. The number of aromatic nitrogens is 1. The molecule has 0 N–H and O–H groups in total. The van der Waals surface area contributed by atoms with E-state index in [2.05, 4.69) is 160 Å². The molecule has 294 valence electrons. The summed E-state index contributed by atoms with van der Waals surface area (Å²) in [5.74, 6) is 3.37. The number of nitrogens with zero attached hydrogens (tertiary/aromatic N) is 4. The smallest absolute Gasteiger partial charge is 0.503 e. The molecule has 3 heterocycles. The van der Waals surface area contributed by atoms with Gasteiger partial charge in [-0.15, -0.1) is 35.4 Å². The molecule has 0 unspecified atom stereocenters. The van der Waals surface area contributed by atoms with Crippen molar-refractivity contribution in [2.24, 2.45) is 10.4 Å². The fraction of sp³-hybridized carbons (Fsp3) is 0.510. The summed E-state index contributed by atoms with van der Waals surface area (Å²) in [7, 11) is 0. The van der Waals surface area contributed by atoms with Gasteiger partial charge in [-0.2, -0.15) is 5.56 Å². The van der Waals surface area contributed by atoms with Crippen LogP contribution in [0.1, 0.15) is 147 Å². The van der Waals surface area contributed by atoms with Crippen LogP contribution in [0.4, 0.5) is 17.2 Å². The van der Waals surface area contributed by atoms with Gasteiger partial charge in [0.05, 0.1) is 6.04 Å². The first-order chi connectivity index (χ1) is 25.2. The van der Waals surface area contributed by atoms with Gasteiger partial charge in [0.1, 0.15) is 5.82 Å². The molecule has 1 fully saturated rings. The van der Waals surface area contributed by atoms with Crippen LogP contribution < -0.4 is 9.64 Å². The van der Waals surface area contributed by atoms with Crippen molar-refractivity contribution in [3.63, 3.8) is 0 Å². The van der Waals surface area contributed by atoms with E-state index in [4.69, 9.17) is 14.7 Å². The number of ether oxygens (including phenoxy) is 1. The van der Waals surface area contributed by atoms with Gasteiger partial charge in [-0.25, -0.2) is 4.98 Å². The van der Waals surface area contributed by atoms with Crippen LogP contribution in [-0.4, -0.2) is 34.3 Å². The maximum atomic E-state index is 6.87. The van der Waals surface area contributed by atoms with Gasteiger partial charge in [0, 0.05) is 52.8 Å². The molecule has 1 aliphatic carbocycles. The Hall–Kier alpha value is -3.43. The number of hydrogen-bond donors (Lipinski definition) is 0. The van der Waals surface area contributed by atoms with Crippen LogP contribution in [0.2, 0.25) is 0 Å². The molecule has 1 atom stereocenters. The van der Waals surface area contributed by atoms with Crippen molar-refractivity contribution in [2.45, 2.75) is 150 Å². The molecule has 1 aromatic heterocycles. The maximum Gasteiger partial charge on any atom is 2.00 e. The second-order valence-electron chi connectivity index (χ2n) is 20.0. The first-order valence-corrected chi connectivity index (χ1v) is 20.3. The Balaban J connectivity index is 0.00000514. The maximum absolute atomic E-state index is 6.87. The summed E-state index contributed by atoms with van der Waals surface area (Å²) in [4.78, 5) is 15.4. The average molecular weight is 918 g/mol. The summed E-state index contributed by atoms with van der Waals surface area (Å²) in [5, 5.41) is 0. The predicted octanol–water partition coefficient (Wildman–Crippen LogP) is 12.6. The van der Waals surface area contributed by atoms with Crippen LogP contribution >= 0.6 is 0 Å². The zero-order chi connectivity index (χ0) is 39.0. The molecular weight excluding hydrogens is 856 g/mol. The van der Waals surface area contributed by atoms with E-state index in [1.54, 1.807) is 0 Å². The number of rotatable bonds is 5. The van der Waals surface area contributed by atoms with Crippen molar-refractivity contribution in [2.75, 3.05) is 11.4 Å². The number of aryl methyl sites for hydroxylation is 2. The van der Waals surface area contributed by atoms with Crippen molar-refractivity contribution in [1.29, 1.82) is 0 Å². The molecule has 4 aromatic rings. The van der Waals surface area contributed by atoms with Crippen LogP contribution in [0.3, 0.4) is 0 Å². The topological polar surface area (TPSA) is 41.0 Å². The first-order valence-electron chi connectivity index (χ1n) is 20.3. The minimum absolute atomic E-state index is 0. The molecule has 2 aliphatic heterocycles. The van der Waals surface area contributed by atoms with E-state index in [0.717, 1.165) is 46.3 Å². The minimum atomic E-state index is -0.232. The van der Waals surface area contributed by atoms with Crippen molar-refractivity contribution in [3.05, 3.63) is 106 Å². The summed E-state index contributed by atoms with van der Waals surface area (Å²) < 4.78 is 6.87. The number of benzene rings is 3. The number of fused-ring (bicyclic) bond motifs is 2. The molecule has 55 heavy (non-hydrogen) atoms. The average Bonchev–Trinajstić information content (AvgIpc) is 3.55. The molecule has 3 aliphatic rings. The third kappa shape index (κ3) is 8.21. The Bertz CT molecular complexity index is 2090. The molecule has 3 aromatic carbocycles. The van der Waals surface area contributed by atoms with Gasteiger partial charge >= 0.3 is 21.1 Å². The first kappa shape index (κ1) is 41.2. The number of anilines is 3. The number of aliphatic imine (C=N–C) groups is 1. The van der Waals surface area contributed by atoms with Crippen LogP contribution in [0.25, 0.3) is 0 Å². The summed E-state index contributed by atoms with van der Waals surface area (Å²) in [6.07, 6.45) is 8.34. The van der Waals surface area contributed by atoms with Crippen LogP contribution in [-0.2, 0) is 37.3 Å². The van der Waals surface area contributed by atoms with Gasteiger partial charge in [-0.1, -0.05) is 132 Å². The zero-order valence-corrected chi connectivity index (χ0v) is 37.9. The molecule has 5 nitrogen and oxygen atoms in total. The molecule has 0 spiro atoms. The van der Waals surface area contributed by atoms with Crippen LogP contribution in [0, 0.1) is 31.4 Å². The number of amidine groups is 1. The third-order valence-corrected chi connectivity index (χ3v) is 12.0. The monoisotopic (exact) mass is 917 g/mol. The van der Waals surface area contributed by atoms with E-state index in [-0.39, 0.29) is 48.8 Å². The normalized spacial score (nSPS) is 18.7. The van der Waals surface area contributed by atoms with E-state index in [1.807, 2.05) is 6.20 Å². The van der Waals surface area contributed by atoms with E-state index >= 15 is 0 Å². The van der Waals surface area contributed by atoms with E-state index in [1.165, 1.54) is 54.4 Å². The standard InChI is InChI=1S/C49H62N4O.Pt/c1-31-21-37(53-42-20-19-34(46(3,4)5)27-40(42)49(12,13)41-23-32(2)29-50-45(41)53)28-38(22-31)54-39-25-33(24-35(26-39)47(6,7)8)44-51-43(48(9,10)11)30-52(44)36-17-15-14-16-18-36;/h19-24,26-27,29,36,43H,14-18,30H2,1-13H3;/q-2;+2/t43-;/m0./s1. The summed E-state index contributed by atoms with van der Waals surface area (Å²) in [6, 6.07) is 26.2.